The molecule has 0 amide bonds. The topological polar surface area (TPSA) is 61.7 Å². The minimum Gasteiger partial charge on any atom is -0.369 e. The molecule has 0 aliphatic carbocycles. The minimum absolute atomic E-state index is 0.264. The quantitative estimate of drug-likeness (QED) is 0.778. The number of benzene rings is 1. The summed E-state index contributed by atoms with van der Waals surface area (Å²) >= 11 is 0. The van der Waals surface area contributed by atoms with Crippen molar-refractivity contribution in [2.45, 2.75) is 20.4 Å². The largest absolute Gasteiger partial charge is 0.369 e. The van der Waals surface area contributed by atoms with Gasteiger partial charge in [-0.15, -0.1) is 0 Å². The first-order valence-corrected chi connectivity index (χ1v) is 6.36. The molecule has 0 saturated heterocycles. The fourth-order valence-corrected chi connectivity index (χ4v) is 2.41. The third-order valence-corrected chi connectivity index (χ3v) is 3.50. The molecule has 3 aromatic rings. The SMILES string of the molecule is Cc1cc2c(cc1F)nc(N)n2Cc1cn(C)nc1C. The fourth-order valence-electron chi connectivity index (χ4n) is 2.41. The number of nitrogens with two attached hydrogens (primary N) is 1. The first-order valence-electron chi connectivity index (χ1n) is 6.36. The van der Waals surface area contributed by atoms with E-state index in [0.29, 0.717) is 23.6 Å². The van der Waals surface area contributed by atoms with Crippen molar-refractivity contribution in [1.29, 1.82) is 0 Å². The van der Waals surface area contributed by atoms with Crippen LogP contribution in [0.15, 0.2) is 18.3 Å². The normalized spacial score (nSPS) is 11.4. The van der Waals surface area contributed by atoms with Crippen LogP contribution in [-0.2, 0) is 13.6 Å². The molecule has 2 heterocycles. The zero-order chi connectivity index (χ0) is 14.4. The molecule has 6 heteroatoms. The lowest BCUT2D eigenvalue weighted by atomic mass is 10.2. The van der Waals surface area contributed by atoms with Crippen LogP contribution in [0.3, 0.4) is 0 Å². The summed E-state index contributed by atoms with van der Waals surface area (Å²) in [5.74, 6) is 0.118. The van der Waals surface area contributed by atoms with Crippen LogP contribution in [0.4, 0.5) is 10.3 Å². The molecular weight excluding hydrogens is 257 g/mol. The van der Waals surface area contributed by atoms with Gasteiger partial charge in [0.25, 0.3) is 0 Å². The zero-order valence-electron chi connectivity index (χ0n) is 11.7. The number of nitrogen functional groups attached to an aromatic ring is 1. The third-order valence-electron chi connectivity index (χ3n) is 3.50. The molecule has 0 bridgehead atoms. The number of anilines is 1. The standard InChI is InChI=1S/C14H16FN5/c1-8-4-13-12(5-11(8)15)17-14(16)20(13)7-10-6-19(3)18-9(10)2/h4-6H,7H2,1-3H3,(H2,16,17). The van der Waals surface area contributed by atoms with Gasteiger partial charge in [-0.25, -0.2) is 9.37 Å². The van der Waals surface area contributed by atoms with Crippen molar-refractivity contribution < 1.29 is 4.39 Å². The van der Waals surface area contributed by atoms with E-state index in [-0.39, 0.29) is 5.82 Å². The van der Waals surface area contributed by atoms with Crippen LogP contribution in [0.1, 0.15) is 16.8 Å². The minimum atomic E-state index is -0.264. The summed E-state index contributed by atoms with van der Waals surface area (Å²) in [5, 5.41) is 4.32. The Morgan fingerprint density at radius 1 is 1.30 bits per heavy atom. The average molecular weight is 273 g/mol. The van der Waals surface area contributed by atoms with Crippen molar-refractivity contribution in [3.63, 3.8) is 0 Å². The van der Waals surface area contributed by atoms with Gasteiger partial charge < -0.3 is 10.3 Å². The van der Waals surface area contributed by atoms with Gasteiger partial charge >= 0.3 is 0 Å². The van der Waals surface area contributed by atoms with Crippen molar-refractivity contribution in [2.24, 2.45) is 7.05 Å². The van der Waals surface area contributed by atoms with Gasteiger partial charge in [0.1, 0.15) is 5.82 Å². The maximum Gasteiger partial charge on any atom is 0.201 e. The molecule has 0 unspecified atom stereocenters. The number of halogens is 1. The molecule has 2 N–H and O–H groups in total. The van der Waals surface area contributed by atoms with E-state index in [4.69, 9.17) is 5.73 Å². The van der Waals surface area contributed by atoms with E-state index in [0.717, 1.165) is 16.8 Å². The Morgan fingerprint density at radius 2 is 2.05 bits per heavy atom. The smallest absolute Gasteiger partial charge is 0.201 e. The van der Waals surface area contributed by atoms with Gasteiger partial charge in [-0.05, 0) is 25.5 Å². The molecule has 0 atom stereocenters. The molecule has 0 radical (unpaired) electrons. The number of nitrogens with zero attached hydrogens (tertiary/aromatic N) is 4. The maximum atomic E-state index is 13.6. The van der Waals surface area contributed by atoms with Gasteiger partial charge in [0.2, 0.25) is 5.95 Å². The highest BCUT2D eigenvalue weighted by Crippen LogP contribution is 2.23. The predicted molar refractivity (Wildman–Crippen MR) is 75.9 cm³/mol. The number of rotatable bonds is 2. The van der Waals surface area contributed by atoms with Gasteiger partial charge in [-0.2, -0.15) is 5.10 Å². The van der Waals surface area contributed by atoms with Crippen LogP contribution in [-0.4, -0.2) is 19.3 Å². The summed E-state index contributed by atoms with van der Waals surface area (Å²) in [6.07, 6.45) is 1.96. The number of hydrogen-bond acceptors (Lipinski definition) is 3. The molecule has 0 fully saturated rings. The van der Waals surface area contributed by atoms with Crippen LogP contribution in [0.25, 0.3) is 11.0 Å². The second-order valence-corrected chi connectivity index (χ2v) is 5.06. The average Bonchev–Trinajstić information content (AvgIpc) is 2.83. The Hall–Kier alpha value is -2.37. The van der Waals surface area contributed by atoms with Crippen LogP contribution in [0, 0.1) is 19.7 Å². The molecule has 0 spiro atoms. The Bertz CT molecular complexity index is 800. The van der Waals surface area contributed by atoms with Crippen molar-refractivity contribution in [3.05, 3.63) is 41.0 Å². The van der Waals surface area contributed by atoms with E-state index in [1.54, 1.807) is 17.7 Å². The number of imidazole rings is 1. The summed E-state index contributed by atoms with van der Waals surface area (Å²) in [6.45, 7) is 4.26. The van der Waals surface area contributed by atoms with Crippen molar-refractivity contribution >= 4 is 17.0 Å². The maximum absolute atomic E-state index is 13.6. The fraction of sp³-hybridized carbons (Fsp3) is 0.286. The highest BCUT2D eigenvalue weighted by Gasteiger charge is 2.13. The van der Waals surface area contributed by atoms with Gasteiger partial charge in [0.15, 0.2) is 0 Å². The van der Waals surface area contributed by atoms with E-state index >= 15 is 0 Å². The Kier molecular flexibility index (Phi) is 2.74. The lowest BCUT2D eigenvalue weighted by molar-refractivity contribution is 0.620. The van der Waals surface area contributed by atoms with Gasteiger partial charge in [-0.1, -0.05) is 0 Å². The summed E-state index contributed by atoms with van der Waals surface area (Å²) in [6, 6.07) is 3.20. The van der Waals surface area contributed by atoms with Crippen molar-refractivity contribution in [2.75, 3.05) is 5.73 Å². The Morgan fingerprint density at radius 3 is 2.70 bits per heavy atom. The van der Waals surface area contributed by atoms with E-state index < -0.39 is 0 Å². The van der Waals surface area contributed by atoms with E-state index in [9.17, 15) is 4.39 Å². The van der Waals surface area contributed by atoms with E-state index in [2.05, 4.69) is 10.1 Å². The number of hydrogen-bond donors (Lipinski definition) is 1. The monoisotopic (exact) mass is 273 g/mol. The third kappa shape index (κ3) is 1.93. The lowest BCUT2D eigenvalue weighted by Gasteiger charge is -2.06. The number of aromatic nitrogens is 4. The van der Waals surface area contributed by atoms with Gasteiger partial charge in [0.05, 0.1) is 23.3 Å². The molecule has 0 aliphatic heterocycles. The van der Waals surface area contributed by atoms with Crippen molar-refractivity contribution in [3.8, 4) is 0 Å². The van der Waals surface area contributed by atoms with E-state index in [1.807, 2.05) is 24.7 Å². The molecule has 20 heavy (non-hydrogen) atoms. The predicted octanol–water partition coefficient (Wildman–Crippen LogP) is 2.16. The molecule has 0 aliphatic rings. The second-order valence-electron chi connectivity index (χ2n) is 5.06. The van der Waals surface area contributed by atoms with Crippen LogP contribution in [0.5, 0.6) is 0 Å². The second kappa shape index (κ2) is 4.33. The molecular formula is C14H16FN5. The summed E-state index contributed by atoms with van der Waals surface area (Å²) in [4.78, 5) is 4.22. The summed E-state index contributed by atoms with van der Waals surface area (Å²) < 4.78 is 17.2. The first kappa shape index (κ1) is 12.7. The molecule has 3 rings (SSSR count). The van der Waals surface area contributed by atoms with Gasteiger partial charge in [-0.3, -0.25) is 4.68 Å². The highest BCUT2D eigenvalue weighted by molar-refractivity contribution is 5.79. The van der Waals surface area contributed by atoms with Crippen LogP contribution in [0.2, 0.25) is 0 Å². The Labute approximate surface area is 115 Å². The van der Waals surface area contributed by atoms with Crippen LogP contribution < -0.4 is 5.73 Å². The number of aryl methyl sites for hydroxylation is 3. The Balaban J connectivity index is 2.13. The highest BCUT2D eigenvalue weighted by atomic mass is 19.1. The lowest BCUT2D eigenvalue weighted by Crippen LogP contribution is -2.05. The number of fused-ring (bicyclic) bond motifs is 1. The van der Waals surface area contributed by atoms with Crippen molar-refractivity contribution in [1.82, 2.24) is 19.3 Å². The zero-order valence-corrected chi connectivity index (χ0v) is 11.7. The molecule has 2 aromatic heterocycles. The summed E-state index contributed by atoms with van der Waals surface area (Å²) in [5.41, 5.74) is 9.98. The molecule has 5 nitrogen and oxygen atoms in total. The first-order chi connectivity index (χ1) is 9.45. The summed E-state index contributed by atoms with van der Waals surface area (Å²) in [7, 11) is 1.88. The van der Waals surface area contributed by atoms with Crippen LogP contribution >= 0.6 is 0 Å². The molecule has 1 aromatic carbocycles. The molecule has 104 valence electrons. The van der Waals surface area contributed by atoms with Gasteiger partial charge in [0, 0.05) is 24.9 Å². The molecule has 0 saturated carbocycles. The van der Waals surface area contributed by atoms with E-state index in [1.165, 1.54) is 6.07 Å².